The molecule has 1 heterocycles. The highest BCUT2D eigenvalue weighted by atomic mass is 16.7. The number of carbonyl (C=O) groups is 4. The minimum atomic E-state index is -0.624. The molecule has 134 valence electrons. The SMILES string of the molecule is CC(=O)NCCC(=O)OCC(=O)Nc1cc2c(cc1C(C)=O)OCO2. The van der Waals surface area contributed by atoms with Gasteiger partial charge in [0.15, 0.2) is 23.9 Å². The fourth-order valence-electron chi connectivity index (χ4n) is 2.08. The maximum absolute atomic E-state index is 11.9. The van der Waals surface area contributed by atoms with Crippen molar-refractivity contribution < 1.29 is 33.4 Å². The summed E-state index contributed by atoms with van der Waals surface area (Å²) in [5.74, 6) is -0.915. The molecule has 25 heavy (non-hydrogen) atoms. The van der Waals surface area contributed by atoms with Gasteiger partial charge in [-0.3, -0.25) is 19.2 Å². The molecule has 0 spiro atoms. The monoisotopic (exact) mass is 350 g/mol. The zero-order valence-corrected chi connectivity index (χ0v) is 13.8. The Balaban J connectivity index is 1.91. The predicted molar refractivity (Wildman–Crippen MR) is 85.5 cm³/mol. The lowest BCUT2D eigenvalue weighted by Gasteiger charge is -2.11. The van der Waals surface area contributed by atoms with E-state index in [9.17, 15) is 19.2 Å². The first-order valence-electron chi connectivity index (χ1n) is 7.51. The lowest BCUT2D eigenvalue weighted by atomic mass is 10.1. The molecule has 0 atom stereocenters. The minimum absolute atomic E-state index is 0.0377. The molecule has 1 aromatic rings. The molecule has 1 aromatic carbocycles. The molecule has 2 amide bonds. The molecular formula is C16H18N2O7. The van der Waals surface area contributed by atoms with Gasteiger partial charge in [0.1, 0.15) is 0 Å². The third-order valence-corrected chi connectivity index (χ3v) is 3.23. The molecule has 0 fully saturated rings. The number of rotatable bonds is 7. The van der Waals surface area contributed by atoms with Gasteiger partial charge >= 0.3 is 5.97 Å². The lowest BCUT2D eigenvalue weighted by molar-refractivity contribution is -0.147. The molecule has 0 saturated heterocycles. The van der Waals surface area contributed by atoms with Crippen molar-refractivity contribution in [3.8, 4) is 11.5 Å². The molecule has 2 N–H and O–H groups in total. The van der Waals surface area contributed by atoms with E-state index in [1.54, 1.807) is 0 Å². The third-order valence-electron chi connectivity index (χ3n) is 3.23. The molecule has 0 unspecified atom stereocenters. The number of Topliss-reactive ketones (excluding diaryl/α,β-unsaturated/α-hetero) is 1. The number of anilines is 1. The molecule has 1 aliphatic rings. The van der Waals surface area contributed by atoms with Crippen molar-refractivity contribution >= 4 is 29.3 Å². The van der Waals surface area contributed by atoms with Crippen LogP contribution in [-0.2, 0) is 19.1 Å². The Kier molecular flexibility index (Phi) is 5.93. The van der Waals surface area contributed by atoms with Crippen LogP contribution in [0.5, 0.6) is 11.5 Å². The summed E-state index contributed by atoms with van der Waals surface area (Å²) >= 11 is 0. The summed E-state index contributed by atoms with van der Waals surface area (Å²) < 4.78 is 15.2. The summed E-state index contributed by atoms with van der Waals surface area (Å²) in [5.41, 5.74) is 0.505. The number of hydrogen-bond acceptors (Lipinski definition) is 7. The first kappa shape index (κ1) is 18.2. The Morgan fingerprint density at radius 2 is 1.80 bits per heavy atom. The van der Waals surface area contributed by atoms with E-state index in [4.69, 9.17) is 14.2 Å². The van der Waals surface area contributed by atoms with Gasteiger partial charge in [-0.25, -0.2) is 0 Å². The number of ketones is 1. The van der Waals surface area contributed by atoms with Crippen molar-refractivity contribution in [1.82, 2.24) is 5.32 Å². The van der Waals surface area contributed by atoms with Crippen LogP contribution in [0.25, 0.3) is 0 Å². The normalized spacial score (nSPS) is 11.6. The van der Waals surface area contributed by atoms with Crippen LogP contribution in [0.2, 0.25) is 0 Å². The zero-order chi connectivity index (χ0) is 18.4. The topological polar surface area (TPSA) is 120 Å². The summed E-state index contributed by atoms with van der Waals surface area (Å²) in [6.45, 7) is 2.35. The van der Waals surface area contributed by atoms with Crippen molar-refractivity contribution in [2.24, 2.45) is 0 Å². The fourth-order valence-corrected chi connectivity index (χ4v) is 2.08. The number of carbonyl (C=O) groups excluding carboxylic acids is 4. The van der Waals surface area contributed by atoms with Gasteiger partial charge in [0, 0.05) is 25.1 Å². The molecular weight excluding hydrogens is 332 g/mol. The first-order chi connectivity index (χ1) is 11.9. The Morgan fingerprint density at radius 1 is 1.12 bits per heavy atom. The van der Waals surface area contributed by atoms with Crippen LogP contribution in [0.3, 0.4) is 0 Å². The summed E-state index contributed by atoms with van der Waals surface area (Å²) in [4.78, 5) is 45.8. The summed E-state index contributed by atoms with van der Waals surface area (Å²) in [7, 11) is 0. The lowest BCUT2D eigenvalue weighted by Crippen LogP contribution is -2.26. The van der Waals surface area contributed by atoms with Crippen molar-refractivity contribution in [1.29, 1.82) is 0 Å². The number of hydrogen-bond donors (Lipinski definition) is 2. The molecule has 2 rings (SSSR count). The smallest absolute Gasteiger partial charge is 0.308 e. The molecule has 0 aliphatic carbocycles. The van der Waals surface area contributed by atoms with Crippen LogP contribution in [0.1, 0.15) is 30.6 Å². The molecule has 0 bridgehead atoms. The highest BCUT2D eigenvalue weighted by Gasteiger charge is 2.20. The van der Waals surface area contributed by atoms with Crippen LogP contribution in [0.15, 0.2) is 12.1 Å². The number of amides is 2. The van der Waals surface area contributed by atoms with Gasteiger partial charge in [0.05, 0.1) is 12.1 Å². The van der Waals surface area contributed by atoms with Crippen molar-refractivity contribution in [2.45, 2.75) is 20.3 Å². The second kappa shape index (κ2) is 8.13. The Morgan fingerprint density at radius 3 is 2.44 bits per heavy atom. The molecule has 1 aliphatic heterocycles. The number of benzene rings is 1. The molecule has 0 aromatic heterocycles. The maximum atomic E-state index is 11.9. The zero-order valence-electron chi connectivity index (χ0n) is 13.8. The highest BCUT2D eigenvalue weighted by Crippen LogP contribution is 2.37. The standard InChI is InChI=1S/C16H18N2O7/c1-9(19)11-5-13-14(25-8-24-13)6-12(11)18-15(21)7-23-16(22)3-4-17-10(2)20/h5-6H,3-4,7-8H2,1-2H3,(H,17,20)(H,18,21). The highest BCUT2D eigenvalue weighted by molar-refractivity contribution is 6.05. The number of nitrogens with one attached hydrogen (secondary N) is 2. The van der Waals surface area contributed by atoms with E-state index in [1.165, 1.54) is 26.0 Å². The van der Waals surface area contributed by atoms with Gasteiger partial charge in [0.25, 0.3) is 5.91 Å². The van der Waals surface area contributed by atoms with Gasteiger partial charge in [-0.15, -0.1) is 0 Å². The largest absolute Gasteiger partial charge is 0.456 e. The van der Waals surface area contributed by atoms with Gasteiger partial charge in [-0.1, -0.05) is 0 Å². The average molecular weight is 350 g/mol. The van der Waals surface area contributed by atoms with Gasteiger partial charge in [0.2, 0.25) is 12.7 Å². The van der Waals surface area contributed by atoms with E-state index in [0.717, 1.165) is 0 Å². The van der Waals surface area contributed by atoms with E-state index < -0.39 is 18.5 Å². The number of ether oxygens (including phenoxy) is 3. The Bertz CT molecular complexity index is 715. The first-order valence-corrected chi connectivity index (χ1v) is 7.51. The van der Waals surface area contributed by atoms with Crippen LogP contribution < -0.4 is 20.1 Å². The van der Waals surface area contributed by atoms with Gasteiger partial charge < -0.3 is 24.8 Å². The van der Waals surface area contributed by atoms with Crippen LogP contribution in [-0.4, -0.2) is 43.5 Å². The van der Waals surface area contributed by atoms with Gasteiger partial charge in [-0.2, -0.15) is 0 Å². The fraction of sp³-hybridized carbons (Fsp3) is 0.375. The van der Waals surface area contributed by atoms with Crippen molar-refractivity contribution in [3.63, 3.8) is 0 Å². The summed E-state index contributed by atoms with van der Waals surface area (Å²) in [5, 5.41) is 4.95. The molecule has 0 saturated carbocycles. The Hall–Kier alpha value is -3.10. The van der Waals surface area contributed by atoms with E-state index >= 15 is 0 Å². The second-order valence-corrected chi connectivity index (χ2v) is 5.25. The van der Waals surface area contributed by atoms with Crippen LogP contribution >= 0.6 is 0 Å². The van der Waals surface area contributed by atoms with E-state index in [0.29, 0.717) is 11.5 Å². The van der Waals surface area contributed by atoms with Crippen LogP contribution in [0, 0.1) is 0 Å². The molecule has 9 nitrogen and oxygen atoms in total. The van der Waals surface area contributed by atoms with Crippen molar-refractivity contribution in [3.05, 3.63) is 17.7 Å². The third kappa shape index (κ3) is 5.20. The minimum Gasteiger partial charge on any atom is -0.456 e. The van der Waals surface area contributed by atoms with Crippen molar-refractivity contribution in [2.75, 3.05) is 25.3 Å². The summed E-state index contributed by atoms with van der Waals surface area (Å²) in [6.07, 6.45) is -0.0461. The maximum Gasteiger partial charge on any atom is 0.308 e. The van der Waals surface area contributed by atoms with Gasteiger partial charge in [-0.05, 0) is 13.0 Å². The molecule has 0 radical (unpaired) electrons. The number of esters is 1. The average Bonchev–Trinajstić information content (AvgIpc) is 2.99. The van der Waals surface area contributed by atoms with E-state index in [2.05, 4.69) is 10.6 Å². The summed E-state index contributed by atoms with van der Waals surface area (Å²) in [6, 6.07) is 2.97. The molecule has 9 heteroatoms. The van der Waals surface area contributed by atoms with E-state index in [1.807, 2.05) is 0 Å². The second-order valence-electron chi connectivity index (χ2n) is 5.25. The predicted octanol–water partition coefficient (Wildman–Crippen LogP) is 0.626. The van der Waals surface area contributed by atoms with E-state index in [-0.39, 0.29) is 42.7 Å². The number of fused-ring (bicyclic) bond motifs is 1. The van der Waals surface area contributed by atoms with Crippen LogP contribution in [0.4, 0.5) is 5.69 Å². The quantitative estimate of drug-likeness (QED) is 0.546. The Labute approximate surface area is 143 Å².